The zero-order valence-corrected chi connectivity index (χ0v) is 35.4. The highest BCUT2D eigenvalue weighted by Crippen LogP contribution is 2.50. The summed E-state index contributed by atoms with van der Waals surface area (Å²) in [4.78, 5) is 70.8. The summed E-state index contributed by atoms with van der Waals surface area (Å²) >= 11 is 10.9. The van der Waals surface area contributed by atoms with Gasteiger partial charge >= 0.3 is 12.1 Å². The molecule has 4 aliphatic heterocycles. The number of fused-ring (bicyclic) bond motifs is 6. The molecule has 8 unspecified atom stereocenters. The van der Waals surface area contributed by atoms with Gasteiger partial charge in [0.25, 0.3) is 0 Å². The number of alkyl carbamates (subject to hydrolysis) is 1. The third kappa shape index (κ3) is 9.47. The van der Waals surface area contributed by atoms with Crippen LogP contribution in [0.15, 0.2) is 35.9 Å². The van der Waals surface area contributed by atoms with E-state index in [-0.39, 0.29) is 36.6 Å². The van der Waals surface area contributed by atoms with Crippen LogP contribution in [0.5, 0.6) is 5.75 Å². The summed E-state index contributed by atoms with van der Waals surface area (Å²) in [6.45, 7) is 8.33. The number of hydrogen-bond acceptors (Lipinski definition) is 12. The predicted octanol–water partition coefficient (Wildman–Crippen LogP) is 3.83. The van der Waals surface area contributed by atoms with Crippen molar-refractivity contribution in [2.45, 2.75) is 114 Å². The van der Waals surface area contributed by atoms with Crippen molar-refractivity contribution >= 4 is 59.7 Å². The molecule has 4 amide bonds. The molecule has 0 radical (unpaired) electrons. The molecule has 17 heteroatoms. The van der Waals surface area contributed by atoms with Crippen molar-refractivity contribution in [3.63, 3.8) is 0 Å². The van der Waals surface area contributed by atoms with Crippen LogP contribution in [0.4, 0.5) is 10.5 Å². The zero-order chi connectivity index (χ0) is 41.9. The van der Waals surface area contributed by atoms with Gasteiger partial charge in [-0.2, -0.15) is 12.6 Å². The highest BCUT2D eigenvalue weighted by Gasteiger charge is 2.63. The molecule has 0 spiro atoms. The summed E-state index contributed by atoms with van der Waals surface area (Å²) in [6.07, 6.45) is 1.34. The number of allylic oxidation sites excluding steroid dienone is 3. The molecule has 15 nitrogen and oxygen atoms in total. The number of thiol groups is 1. The van der Waals surface area contributed by atoms with Crippen molar-refractivity contribution < 1.29 is 52.8 Å². The van der Waals surface area contributed by atoms with E-state index in [4.69, 9.17) is 35.3 Å². The van der Waals surface area contributed by atoms with Crippen LogP contribution in [0.25, 0.3) is 0 Å². The standard InChI is InChI=1S/C39H55ClN4O11S/c1-22-12-11-13-28(52-10)39(50)20-30(54-36(49)41-39)38(5)21-37(4,55-38)29(19-32(46)44(8)26-17-25(16-22)18-27(51-9)33(26)40)53-35(48)24(3)43(7)34(47)23(2)42(6)31(45)14-15-56/h11-13,17-18,23-24,28-30,50,56H,14-16,19-21H2,1-10H3,(H,41,49)/b13-11+,22-12+. The molecule has 8 atom stereocenters. The van der Waals surface area contributed by atoms with Crippen molar-refractivity contribution in [2.24, 2.45) is 0 Å². The van der Waals surface area contributed by atoms with Crippen molar-refractivity contribution in [3.05, 3.63) is 46.5 Å². The molecule has 2 fully saturated rings. The predicted molar refractivity (Wildman–Crippen MR) is 212 cm³/mol. The van der Waals surface area contributed by atoms with Crippen LogP contribution in [0.3, 0.4) is 0 Å². The molecular formula is C39H55ClN4O11S. The molecular weight excluding hydrogens is 768 g/mol. The number of benzene rings is 1. The normalized spacial score (nSPS) is 30.6. The van der Waals surface area contributed by atoms with E-state index in [1.54, 1.807) is 52.1 Å². The number of likely N-dealkylation sites (N-methyl/N-ethyl adjacent to an activating group) is 2. The van der Waals surface area contributed by atoms with Crippen LogP contribution in [-0.4, -0.2) is 133 Å². The van der Waals surface area contributed by atoms with Gasteiger partial charge in [-0.3, -0.25) is 19.7 Å². The molecule has 0 aromatic heterocycles. The minimum absolute atomic E-state index is 0.125. The van der Waals surface area contributed by atoms with Gasteiger partial charge < -0.3 is 43.5 Å². The maximum absolute atomic E-state index is 14.2. The maximum Gasteiger partial charge on any atom is 0.409 e. The van der Waals surface area contributed by atoms with Gasteiger partial charge in [0, 0.05) is 47.5 Å². The summed E-state index contributed by atoms with van der Waals surface area (Å²) in [5.41, 5.74) is -2.33. The van der Waals surface area contributed by atoms with Gasteiger partial charge in [-0.15, -0.1) is 0 Å². The van der Waals surface area contributed by atoms with E-state index in [9.17, 15) is 29.1 Å². The maximum atomic E-state index is 14.2. The Kier molecular flexibility index (Phi) is 14.2. The average Bonchev–Trinajstić information content (AvgIpc) is 3.13. The molecule has 1 aromatic rings. The van der Waals surface area contributed by atoms with Crippen molar-refractivity contribution in [1.82, 2.24) is 15.1 Å². The quantitative estimate of drug-likeness (QED) is 0.244. The third-order valence-corrected chi connectivity index (χ3v) is 11.7. The summed E-state index contributed by atoms with van der Waals surface area (Å²) < 4.78 is 29.5. The molecule has 0 saturated carbocycles. The van der Waals surface area contributed by atoms with Crippen molar-refractivity contribution in [3.8, 4) is 5.75 Å². The number of anilines is 1. The molecule has 4 aliphatic rings. The second-order valence-electron chi connectivity index (χ2n) is 15.3. The van der Waals surface area contributed by atoms with Gasteiger partial charge in [0.15, 0.2) is 5.72 Å². The summed E-state index contributed by atoms with van der Waals surface area (Å²) in [7, 11) is 7.37. The Labute approximate surface area is 339 Å². The fourth-order valence-electron chi connectivity index (χ4n) is 7.43. The number of carbonyl (C=O) groups excluding carboxylic acids is 5. The lowest BCUT2D eigenvalue weighted by Crippen LogP contribution is -2.72. The monoisotopic (exact) mass is 822 g/mol. The van der Waals surface area contributed by atoms with E-state index < -0.39 is 71.2 Å². The smallest absolute Gasteiger partial charge is 0.409 e. The number of esters is 1. The number of methoxy groups -OCH3 is 2. The number of carbonyl (C=O) groups is 5. The minimum atomic E-state index is -1.88. The number of hydrogen-bond donors (Lipinski definition) is 3. The molecule has 2 saturated heterocycles. The molecule has 4 heterocycles. The number of nitrogens with one attached hydrogen (secondary N) is 1. The lowest BCUT2D eigenvalue weighted by molar-refractivity contribution is -0.328. The molecule has 0 aliphatic carbocycles. The van der Waals surface area contributed by atoms with E-state index in [0.29, 0.717) is 23.6 Å². The number of amides is 4. The zero-order valence-electron chi connectivity index (χ0n) is 33.7. The Balaban J connectivity index is 1.74. The summed E-state index contributed by atoms with van der Waals surface area (Å²) in [6, 6.07) is 1.53. The highest BCUT2D eigenvalue weighted by atomic mass is 35.5. The molecule has 310 valence electrons. The SMILES string of the molecule is COc1cc2cc(c1Cl)N(C)C(=O)CC(OC(=O)C(C)N(C)C(=O)C(C)N(C)C(=O)CCS)C1(C)CC(C)(O1)C1CC(O)(NC(=O)O1)C(OC)/C=C/C=C(\C)C2. The molecule has 6 bridgehead atoms. The largest absolute Gasteiger partial charge is 0.495 e. The highest BCUT2D eigenvalue weighted by molar-refractivity contribution is 7.80. The van der Waals surface area contributed by atoms with Crippen LogP contribution in [0.1, 0.15) is 65.9 Å². The Morgan fingerprint density at radius 1 is 1.12 bits per heavy atom. The number of ether oxygens (including phenoxy) is 5. The van der Waals surface area contributed by atoms with Crippen molar-refractivity contribution in [2.75, 3.05) is 46.0 Å². The van der Waals surface area contributed by atoms with Crippen LogP contribution in [-0.2, 0) is 44.5 Å². The topological polar surface area (TPSA) is 173 Å². The van der Waals surface area contributed by atoms with Gasteiger partial charge in [-0.05, 0) is 64.5 Å². The van der Waals surface area contributed by atoms with Crippen LogP contribution in [0.2, 0.25) is 5.02 Å². The Morgan fingerprint density at radius 3 is 2.39 bits per heavy atom. The first-order valence-electron chi connectivity index (χ1n) is 18.4. The Hall–Kier alpha value is -3.83. The van der Waals surface area contributed by atoms with E-state index in [1.807, 2.05) is 13.0 Å². The summed E-state index contributed by atoms with van der Waals surface area (Å²) in [5, 5.41) is 14.5. The van der Waals surface area contributed by atoms with Crippen LogP contribution in [0, 0.1) is 0 Å². The Morgan fingerprint density at radius 2 is 1.79 bits per heavy atom. The fraction of sp³-hybridized carbons (Fsp3) is 0.615. The van der Waals surface area contributed by atoms with Gasteiger partial charge in [0.05, 0.1) is 19.2 Å². The van der Waals surface area contributed by atoms with Crippen LogP contribution < -0.4 is 15.0 Å². The number of halogens is 1. The van der Waals surface area contributed by atoms with Gasteiger partial charge in [-0.1, -0.05) is 35.4 Å². The first-order chi connectivity index (χ1) is 26.1. The Bertz CT molecular complexity index is 1750. The number of rotatable bonds is 9. The number of nitrogens with zero attached hydrogens (tertiary/aromatic N) is 3. The first kappa shape index (κ1) is 44.9. The molecule has 2 N–H and O–H groups in total. The molecule has 1 aromatic carbocycles. The van der Waals surface area contributed by atoms with Gasteiger partial charge in [-0.25, -0.2) is 9.59 Å². The van der Waals surface area contributed by atoms with E-state index in [2.05, 4.69) is 17.9 Å². The van der Waals surface area contributed by atoms with Crippen LogP contribution >= 0.6 is 24.2 Å². The van der Waals surface area contributed by atoms with Gasteiger partial charge in [0.1, 0.15) is 52.4 Å². The minimum Gasteiger partial charge on any atom is -0.495 e. The molecule has 5 rings (SSSR count). The lowest BCUT2D eigenvalue weighted by Gasteiger charge is -2.59. The first-order valence-corrected chi connectivity index (χ1v) is 19.4. The number of aliphatic hydroxyl groups is 1. The van der Waals surface area contributed by atoms with E-state index in [1.165, 1.54) is 49.9 Å². The van der Waals surface area contributed by atoms with Gasteiger partial charge in [0.2, 0.25) is 17.7 Å². The van der Waals surface area contributed by atoms with Crippen molar-refractivity contribution in [1.29, 1.82) is 0 Å². The average molecular weight is 823 g/mol. The van der Waals surface area contributed by atoms with E-state index in [0.717, 1.165) is 11.1 Å². The lowest BCUT2D eigenvalue weighted by atomic mass is 9.72. The second kappa shape index (κ2) is 17.8. The second-order valence-corrected chi connectivity index (χ2v) is 16.1. The summed E-state index contributed by atoms with van der Waals surface area (Å²) in [5.74, 6) is -1.42. The fourth-order valence-corrected chi connectivity index (χ4v) is 7.94. The van der Waals surface area contributed by atoms with E-state index >= 15 is 0 Å². The molecule has 56 heavy (non-hydrogen) atoms. The third-order valence-electron chi connectivity index (χ3n) is 11.0.